The van der Waals surface area contributed by atoms with Gasteiger partial charge in [0.1, 0.15) is 0 Å². The third-order valence-corrected chi connectivity index (χ3v) is 4.61. The van der Waals surface area contributed by atoms with Gasteiger partial charge in [-0.2, -0.15) is 0 Å². The van der Waals surface area contributed by atoms with Crippen LogP contribution in [0.1, 0.15) is 58.8 Å². The molecule has 2 aliphatic rings. The summed E-state index contributed by atoms with van der Waals surface area (Å²) in [6.07, 6.45) is 8.81. The molecule has 2 atom stereocenters. The molecule has 0 aromatic rings. The smallest absolute Gasteiger partial charge is 0.237 e. The van der Waals surface area contributed by atoms with E-state index >= 15 is 0 Å². The van der Waals surface area contributed by atoms with Gasteiger partial charge in [0, 0.05) is 18.6 Å². The Morgan fingerprint density at radius 3 is 2.40 bits per heavy atom. The molecule has 1 saturated carbocycles. The summed E-state index contributed by atoms with van der Waals surface area (Å²) in [6, 6.07) is 0.698. The molecule has 1 aliphatic carbocycles. The molecule has 4 nitrogen and oxygen atoms in total. The maximum atomic E-state index is 12.2. The molecule has 1 heterocycles. The fourth-order valence-corrected chi connectivity index (χ4v) is 3.48. The van der Waals surface area contributed by atoms with Crippen molar-refractivity contribution in [3.8, 4) is 0 Å². The molecule has 1 saturated heterocycles. The van der Waals surface area contributed by atoms with Crippen LogP contribution in [-0.4, -0.2) is 48.6 Å². The molecular formula is C16H31N3O. The molecule has 1 amide bonds. The molecule has 1 aliphatic heterocycles. The minimum absolute atomic E-state index is 0.0884. The first kappa shape index (κ1) is 15.8. The average molecular weight is 281 g/mol. The Labute approximate surface area is 123 Å². The number of carbonyl (C=O) groups excluding carboxylic acids is 1. The van der Waals surface area contributed by atoms with Gasteiger partial charge < -0.3 is 15.5 Å². The quantitative estimate of drug-likeness (QED) is 0.781. The number of likely N-dealkylation sites (tertiary alicyclic amines) is 1. The maximum absolute atomic E-state index is 12.2. The van der Waals surface area contributed by atoms with E-state index in [1.165, 1.54) is 45.2 Å². The number of hydrogen-bond donors (Lipinski definition) is 2. The standard InChI is InChI=1S/C16H31N3O/c1-13(12-19-10-6-7-11-19)17-14(2)16(20)18-15-8-4-3-5-9-15/h13-15,17H,3-12H2,1-2H3,(H,18,20). The van der Waals surface area contributed by atoms with E-state index < -0.39 is 0 Å². The Bertz CT molecular complexity index is 296. The van der Waals surface area contributed by atoms with E-state index in [0.717, 1.165) is 19.4 Å². The van der Waals surface area contributed by atoms with Crippen molar-refractivity contribution in [1.82, 2.24) is 15.5 Å². The van der Waals surface area contributed by atoms with E-state index in [4.69, 9.17) is 0 Å². The molecule has 0 aromatic heterocycles. The second-order valence-electron chi connectivity index (χ2n) is 6.64. The van der Waals surface area contributed by atoms with Crippen molar-refractivity contribution in [3.05, 3.63) is 0 Å². The predicted molar refractivity (Wildman–Crippen MR) is 82.7 cm³/mol. The van der Waals surface area contributed by atoms with Crippen molar-refractivity contribution < 1.29 is 4.79 Å². The van der Waals surface area contributed by atoms with Crippen molar-refractivity contribution in [2.75, 3.05) is 19.6 Å². The largest absolute Gasteiger partial charge is 0.352 e. The van der Waals surface area contributed by atoms with E-state index in [1.54, 1.807) is 0 Å². The zero-order chi connectivity index (χ0) is 14.4. The summed E-state index contributed by atoms with van der Waals surface area (Å²) < 4.78 is 0. The molecule has 2 fully saturated rings. The van der Waals surface area contributed by atoms with E-state index in [0.29, 0.717) is 12.1 Å². The number of nitrogens with one attached hydrogen (secondary N) is 2. The first-order valence-corrected chi connectivity index (χ1v) is 8.44. The minimum atomic E-state index is -0.0884. The molecule has 2 N–H and O–H groups in total. The Hall–Kier alpha value is -0.610. The van der Waals surface area contributed by atoms with Gasteiger partial charge in [0.05, 0.1) is 6.04 Å². The van der Waals surface area contributed by atoms with E-state index in [1.807, 2.05) is 6.92 Å². The van der Waals surface area contributed by atoms with Gasteiger partial charge in [-0.3, -0.25) is 4.79 Å². The van der Waals surface area contributed by atoms with Crippen molar-refractivity contribution in [2.45, 2.75) is 76.9 Å². The number of carbonyl (C=O) groups is 1. The van der Waals surface area contributed by atoms with Crippen LogP contribution in [0.2, 0.25) is 0 Å². The van der Waals surface area contributed by atoms with Crippen LogP contribution in [0.15, 0.2) is 0 Å². The molecular weight excluding hydrogens is 250 g/mol. The predicted octanol–water partition coefficient (Wildman–Crippen LogP) is 1.90. The Morgan fingerprint density at radius 2 is 1.75 bits per heavy atom. The highest BCUT2D eigenvalue weighted by Crippen LogP contribution is 2.17. The van der Waals surface area contributed by atoms with Crippen molar-refractivity contribution in [1.29, 1.82) is 0 Å². The summed E-state index contributed by atoms with van der Waals surface area (Å²) >= 11 is 0. The first-order chi connectivity index (χ1) is 9.65. The summed E-state index contributed by atoms with van der Waals surface area (Å²) in [7, 11) is 0. The van der Waals surface area contributed by atoms with Gasteiger partial charge in [-0.1, -0.05) is 19.3 Å². The highest BCUT2D eigenvalue weighted by molar-refractivity contribution is 5.81. The topological polar surface area (TPSA) is 44.4 Å². The highest BCUT2D eigenvalue weighted by atomic mass is 16.2. The monoisotopic (exact) mass is 281 g/mol. The second kappa shape index (κ2) is 7.99. The fourth-order valence-electron chi connectivity index (χ4n) is 3.48. The first-order valence-electron chi connectivity index (χ1n) is 8.44. The number of hydrogen-bond acceptors (Lipinski definition) is 3. The van der Waals surface area contributed by atoms with Crippen LogP contribution in [0.5, 0.6) is 0 Å². The van der Waals surface area contributed by atoms with Crippen LogP contribution < -0.4 is 10.6 Å². The van der Waals surface area contributed by atoms with E-state index in [-0.39, 0.29) is 11.9 Å². The number of rotatable bonds is 6. The normalized spacial score (nSPS) is 24.5. The lowest BCUT2D eigenvalue weighted by molar-refractivity contribution is -0.123. The van der Waals surface area contributed by atoms with Gasteiger partial charge in [-0.15, -0.1) is 0 Å². The van der Waals surface area contributed by atoms with Crippen LogP contribution in [0.4, 0.5) is 0 Å². The second-order valence-corrected chi connectivity index (χ2v) is 6.64. The van der Waals surface area contributed by atoms with Gasteiger partial charge in [0.2, 0.25) is 5.91 Å². The molecule has 0 bridgehead atoms. The molecule has 0 spiro atoms. The van der Waals surface area contributed by atoms with Crippen LogP contribution in [0.25, 0.3) is 0 Å². The third kappa shape index (κ3) is 5.06. The Balaban J connectivity index is 1.66. The molecule has 0 radical (unpaired) electrons. The van der Waals surface area contributed by atoms with Crippen LogP contribution in [-0.2, 0) is 4.79 Å². The van der Waals surface area contributed by atoms with Gasteiger partial charge in [-0.05, 0) is 52.6 Å². The summed E-state index contributed by atoms with van der Waals surface area (Å²) in [4.78, 5) is 14.7. The zero-order valence-corrected chi connectivity index (χ0v) is 13.2. The third-order valence-electron chi connectivity index (χ3n) is 4.61. The molecule has 0 aromatic carbocycles. The number of nitrogens with zero attached hydrogens (tertiary/aromatic N) is 1. The minimum Gasteiger partial charge on any atom is -0.352 e. The van der Waals surface area contributed by atoms with Crippen LogP contribution in [0, 0.1) is 0 Å². The van der Waals surface area contributed by atoms with Crippen molar-refractivity contribution in [2.24, 2.45) is 0 Å². The summed E-state index contributed by atoms with van der Waals surface area (Å²) in [5.74, 6) is 0.171. The summed E-state index contributed by atoms with van der Waals surface area (Å²) in [6.45, 7) is 7.66. The summed E-state index contributed by atoms with van der Waals surface area (Å²) in [5.41, 5.74) is 0. The lowest BCUT2D eigenvalue weighted by atomic mass is 9.95. The molecule has 2 unspecified atom stereocenters. The lowest BCUT2D eigenvalue weighted by Crippen LogP contribution is -2.51. The molecule has 20 heavy (non-hydrogen) atoms. The van der Waals surface area contributed by atoms with Crippen molar-refractivity contribution in [3.63, 3.8) is 0 Å². The van der Waals surface area contributed by atoms with Gasteiger partial charge in [-0.25, -0.2) is 0 Å². The summed E-state index contributed by atoms with van der Waals surface area (Å²) in [5, 5.41) is 6.64. The van der Waals surface area contributed by atoms with Gasteiger partial charge >= 0.3 is 0 Å². The van der Waals surface area contributed by atoms with Gasteiger partial charge in [0.15, 0.2) is 0 Å². The molecule has 2 rings (SSSR count). The van der Waals surface area contributed by atoms with Gasteiger partial charge in [0.25, 0.3) is 0 Å². The maximum Gasteiger partial charge on any atom is 0.237 e. The SMILES string of the molecule is CC(CN1CCCC1)NC(C)C(=O)NC1CCCCC1. The highest BCUT2D eigenvalue weighted by Gasteiger charge is 2.21. The number of amides is 1. The lowest BCUT2D eigenvalue weighted by Gasteiger charge is -2.27. The van der Waals surface area contributed by atoms with Crippen LogP contribution in [0.3, 0.4) is 0 Å². The van der Waals surface area contributed by atoms with E-state index in [2.05, 4.69) is 22.5 Å². The molecule has 4 heteroatoms. The van der Waals surface area contributed by atoms with Crippen molar-refractivity contribution >= 4 is 5.91 Å². The Morgan fingerprint density at radius 1 is 1.10 bits per heavy atom. The molecule has 116 valence electrons. The average Bonchev–Trinajstić information content (AvgIpc) is 2.92. The van der Waals surface area contributed by atoms with Crippen LogP contribution >= 0.6 is 0 Å². The Kier molecular flexibility index (Phi) is 6.30. The van der Waals surface area contributed by atoms with E-state index in [9.17, 15) is 4.79 Å². The zero-order valence-electron chi connectivity index (χ0n) is 13.2. The fraction of sp³-hybridized carbons (Fsp3) is 0.938.